The Morgan fingerprint density at radius 2 is 1.91 bits per heavy atom. The van der Waals surface area contributed by atoms with Crippen LogP contribution in [-0.4, -0.2) is 31.7 Å². The first kappa shape index (κ1) is 18.2. The maximum Gasteiger partial charge on any atom is 0.461 e. The van der Waals surface area contributed by atoms with Crippen molar-refractivity contribution in [3.8, 4) is 5.75 Å². The van der Waals surface area contributed by atoms with Gasteiger partial charge in [0.15, 0.2) is 0 Å². The number of hydrogen-bond donors (Lipinski definition) is 1. The average Bonchev–Trinajstić information content (AvgIpc) is 2.45. The Morgan fingerprint density at radius 1 is 1.27 bits per heavy atom. The lowest BCUT2D eigenvalue weighted by Gasteiger charge is -2.16. The molecular weight excluding hydrogens is 306 g/mol. The highest BCUT2D eigenvalue weighted by Gasteiger charge is 2.43. The van der Waals surface area contributed by atoms with E-state index in [1.165, 1.54) is 24.3 Å². The van der Waals surface area contributed by atoms with Gasteiger partial charge in [0.25, 0.3) is 0 Å². The molecule has 0 amide bonds. The number of carbonyl (C=O) groups excluding carboxylic acids is 1. The van der Waals surface area contributed by atoms with Crippen LogP contribution in [0.15, 0.2) is 24.3 Å². The standard InChI is InChI=1S/C14H17F4NO3/c1-2-21-12(20)7-8-19-9-10-3-5-11(6-4-10)22-14(17,18)13(15)16/h3-6,13,19H,2,7-9H2,1H3. The Kier molecular flexibility index (Phi) is 7.10. The molecule has 1 aromatic carbocycles. The molecule has 1 aromatic rings. The average molecular weight is 323 g/mol. The molecule has 124 valence electrons. The maximum absolute atomic E-state index is 12.7. The summed E-state index contributed by atoms with van der Waals surface area (Å²) in [5.74, 6) is -0.659. The molecule has 0 aliphatic carbocycles. The van der Waals surface area contributed by atoms with E-state index in [1.807, 2.05) is 0 Å². The van der Waals surface area contributed by atoms with Crippen LogP contribution in [0.1, 0.15) is 18.9 Å². The summed E-state index contributed by atoms with van der Waals surface area (Å²) in [5, 5.41) is 2.97. The third-order valence-electron chi connectivity index (χ3n) is 2.57. The number of benzene rings is 1. The van der Waals surface area contributed by atoms with Crippen molar-refractivity contribution in [2.45, 2.75) is 32.4 Å². The minimum absolute atomic E-state index is 0.218. The van der Waals surface area contributed by atoms with E-state index in [0.29, 0.717) is 19.7 Å². The molecule has 8 heteroatoms. The van der Waals surface area contributed by atoms with Gasteiger partial charge in [-0.3, -0.25) is 4.79 Å². The molecule has 0 atom stereocenters. The Balaban J connectivity index is 2.38. The lowest BCUT2D eigenvalue weighted by molar-refractivity contribution is -0.253. The lowest BCUT2D eigenvalue weighted by Crippen LogP contribution is -2.33. The van der Waals surface area contributed by atoms with Crippen molar-refractivity contribution in [1.82, 2.24) is 5.32 Å². The highest BCUT2D eigenvalue weighted by Crippen LogP contribution is 2.27. The van der Waals surface area contributed by atoms with Crippen LogP contribution in [-0.2, 0) is 16.1 Å². The van der Waals surface area contributed by atoms with Crippen molar-refractivity contribution >= 4 is 5.97 Å². The lowest BCUT2D eigenvalue weighted by atomic mass is 10.2. The van der Waals surface area contributed by atoms with E-state index in [1.54, 1.807) is 6.92 Å². The molecule has 0 aliphatic rings. The second-order valence-electron chi connectivity index (χ2n) is 4.34. The number of halogens is 4. The topological polar surface area (TPSA) is 47.6 Å². The van der Waals surface area contributed by atoms with Crippen molar-refractivity contribution in [3.05, 3.63) is 29.8 Å². The number of alkyl halides is 4. The SMILES string of the molecule is CCOC(=O)CCNCc1ccc(OC(F)(F)C(F)F)cc1. The van der Waals surface area contributed by atoms with Crippen LogP contribution >= 0.6 is 0 Å². The van der Waals surface area contributed by atoms with Gasteiger partial charge in [0, 0.05) is 13.1 Å². The zero-order chi connectivity index (χ0) is 16.6. The van der Waals surface area contributed by atoms with Crippen LogP contribution in [0.25, 0.3) is 0 Å². The molecule has 1 N–H and O–H groups in total. The molecule has 4 nitrogen and oxygen atoms in total. The molecule has 0 saturated heterocycles. The molecule has 0 spiro atoms. The van der Waals surface area contributed by atoms with Gasteiger partial charge in [-0.25, -0.2) is 0 Å². The Morgan fingerprint density at radius 3 is 2.45 bits per heavy atom. The van der Waals surface area contributed by atoms with E-state index in [2.05, 4.69) is 10.1 Å². The summed E-state index contributed by atoms with van der Waals surface area (Å²) < 4.78 is 58.0. The first-order valence-electron chi connectivity index (χ1n) is 6.65. The summed E-state index contributed by atoms with van der Waals surface area (Å²) in [7, 11) is 0. The van der Waals surface area contributed by atoms with Crippen molar-refractivity contribution in [3.63, 3.8) is 0 Å². The molecule has 1 rings (SSSR count). The molecule has 0 radical (unpaired) electrons. The number of carbonyl (C=O) groups is 1. The second-order valence-corrected chi connectivity index (χ2v) is 4.34. The Labute approximate surface area is 125 Å². The predicted molar refractivity (Wildman–Crippen MR) is 71.0 cm³/mol. The van der Waals surface area contributed by atoms with E-state index in [4.69, 9.17) is 4.74 Å². The Hall–Kier alpha value is -1.83. The molecule has 0 bridgehead atoms. The van der Waals surface area contributed by atoms with E-state index in [-0.39, 0.29) is 18.1 Å². The van der Waals surface area contributed by atoms with Gasteiger partial charge < -0.3 is 14.8 Å². The number of hydrogen-bond acceptors (Lipinski definition) is 4. The minimum Gasteiger partial charge on any atom is -0.466 e. The van der Waals surface area contributed by atoms with Gasteiger partial charge in [0.1, 0.15) is 5.75 Å². The molecule has 0 fully saturated rings. The summed E-state index contributed by atoms with van der Waals surface area (Å²) in [6, 6.07) is 5.29. The van der Waals surface area contributed by atoms with E-state index in [9.17, 15) is 22.4 Å². The molecular formula is C14H17F4NO3. The summed E-state index contributed by atoms with van der Waals surface area (Å²) >= 11 is 0. The Bertz CT molecular complexity index is 466. The molecule has 0 aromatic heterocycles. The number of rotatable bonds is 9. The van der Waals surface area contributed by atoms with Crippen LogP contribution in [0, 0.1) is 0 Å². The normalized spacial score (nSPS) is 11.5. The van der Waals surface area contributed by atoms with E-state index < -0.39 is 12.5 Å². The van der Waals surface area contributed by atoms with Gasteiger partial charge in [-0.2, -0.15) is 17.6 Å². The predicted octanol–water partition coefficient (Wildman–Crippen LogP) is 2.97. The molecule has 0 unspecified atom stereocenters. The molecule has 22 heavy (non-hydrogen) atoms. The van der Waals surface area contributed by atoms with Crippen LogP contribution in [0.3, 0.4) is 0 Å². The van der Waals surface area contributed by atoms with Crippen LogP contribution < -0.4 is 10.1 Å². The quantitative estimate of drug-likeness (QED) is 0.431. The third-order valence-corrected chi connectivity index (χ3v) is 2.57. The van der Waals surface area contributed by atoms with Gasteiger partial charge in [0.2, 0.25) is 0 Å². The molecule has 0 heterocycles. The van der Waals surface area contributed by atoms with Gasteiger partial charge in [-0.05, 0) is 24.6 Å². The van der Waals surface area contributed by atoms with Crippen LogP contribution in [0.5, 0.6) is 5.75 Å². The number of esters is 1. The first-order valence-corrected chi connectivity index (χ1v) is 6.65. The minimum atomic E-state index is -4.51. The van der Waals surface area contributed by atoms with Crippen LogP contribution in [0.4, 0.5) is 17.6 Å². The van der Waals surface area contributed by atoms with E-state index >= 15 is 0 Å². The summed E-state index contributed by atoms with van der Waals surface area (Å²) in [5.41, 5.74) is 0.733. The smallest absolute Gasteiger partial charge is 0.461 e. The fourth-order valence-corrected chi connectivity index (χ4v) is 1.53. The number of ether oxygens (including phenoxy) is 2. The molecule has 0 saturated carbocycles. The third kappa shape index (κ3) is 6.30. The summed E-state index contributed by atoms with van der Waals surface area (Å²) in [4.78, 5) is 11.1. The fraction of sp³-hybridized carbons (Fsp3) is 0.500. The fourth-order valence-electron chi connectivity index (χ4n) is 1.53. The van der Waals surface area contributed by atoms with Crippen molar-refractivity contribution in [2.24, 2.45) is 0 Å². The van der Waals surface area contributed by atoms with E-state index in [0.717, 1.165) is 5.56 Å². The summed E-state index contributed by atoms with van der Waals surface area (Å²) in [6.07, 6.45) is -8.19. The van der Waals surface area contributed by atoms with Gasteiger partial charge in [0.05, 0.1) is 13.0 Å². The zero-order valence-corrected chi connectivity index (χ0v) is 12.0. The second kappa shape index (κ2) is 8.57. The van der Waals surface area contributed by atoms with Gasteiger partial charge in [-0.15, -0.1) is 0 Å². The summed E-state index contributed by atoms with van der Waals surface area (Å²) in [6.45, 7) is 2.83. The highest BCUT2D eigenvalue weighted by atomic mass is 19.3. The largest absolute Gasteiger partial charge is 0.466 e. The van der Waals surface area contributed by atoms with Crippen molar-refractivity contribution in [2.75, 3.05) is 13.2 Å². The monoisotopic (exact) mass is 323 g/mol. The number of nitrogens with one attached hydrogen (secondary N) is 1. The molecule has 0 aliphatic heterocycles. The van der Waals surface area contributed by atoms with Gasteiger partial charge in [-0.1, -0.05) is 12.1 Å². The first-order chi connectivity index (χ1) is 10.3. The van der Waals surface area contributed by atoms with Crippen molar-refractivity contribution < 1.29 is 31.8 Å². The maximum atomic E-state index is 12.7. The van der Waals surface area contributed by atoms with Crippen molar-refractivity contribution in [1.29, 1.82) is 0 Å². The highest BCUT2D eigenvalue weighted by molar-refractivity contribution is 5.69. The zero-order valence-electron chi connectivity index (χ0n) is 12.0. The van der Waals surface area contributed by atoms with Gasteiger partial charge >= 0.3 is 18.5 Å². The van der Waals surface area contributed by atoms with Crippen LogP contribution in [0.2, 0.25) is 0 Å².